The Kier molecular flexibility index (Phi) is 5.24. The summed E-state index contributed by atoms with van der Waals surface area (Å²) in [5, 5.41) is 3.41. The Morgan fingerprint density at radius 1 is 1.28 bits per heavy atom. The van der Waals surface area contributed by atoms with Gasteiger partial charge < -0.3 is 15.2 Å². The lowest BCUT2D eigenvalue weighted by Gasteiger charge is -2.32. The van der Waals surface area contributed by atoms with Crippen LogP contribution in [0.25, 0.3) is 10.9 Å². The summed E-state index contributed by atoms with van der Waals surface area (Å²) in [4.78, 5) is 37.8. The molecule has 1 aromatic carbocycles. The van der Waals surface area contributed by atoms with Gasteiger partial charge >= 0.3 is 0 Å². The number of carbonyl (C=O) groups excluding carboxylic acids is 1. The van der Waals surface area contributed by atoms with Crippen LogP contribution in [0.3, 0.4) is 0 Å². The molecule has 150 valence electrons. The van der Waals surface area contributed by atoms with Gasteiger partial charge in [0, 0.05) is 31.7 Å². The fourth-order valence-electron chi connectivity index (χ4n) is 3.65. The van der Waals surface area contributed by atoms with E-state index < -0.39 is 0 Å². The first-order chi connectivity index (χ1) is 14.0. The van der Waals surface area contributed by atoms with E-state index in [0.29, 0.717) is 54.8 Å². The Bertz CT molecular complexity index is 1110. The fraction of sp³-hybridized carbons (Fsp3) is 0.333. The van der Waals surface area contributed by atoms with Crippen LogP contribution in [0.2, 0.25) is 0 Å². The molecule has 0 atom stereocenters. The van der Waals surface area contributed by atoms with E-state index in [-0.39, 0.29) is 23.2 Å². The molecule has 0 radical (unpaired) electrons. The van der Waals surface area contributed by atoms with Crippen molar-refractivity contribution in [1.82, 2.24) is 20.3 Å². The molecule has 1 amide bonds. The smallest absolute Gasteiger partial charge is 0.258 e. The van der Waals surface area contributed by atoms with Crippen LogP contribution < -0.4 is 15.8 Å². The number of halogens is 1. The number of aryl methyl sites for hydroxylation is 1. The maximum Gasteiger partial charge on any atom is 0.258 e. The molecule has 4 rings (SSSR count). The molecule has 2 aromatic heterocycles. The van der Waals surface area contributed by atoms with E-state index >= 15 is 0 Å². The molecule has 2 N–H and O–H groups in total. The summed E-state index contributed by atoms with van der Waals surface area (Å²) in [7, 11) is 0. The van der Waals surface area contributed by atoms with Crippen LogP contribution >= 0.6 is 0 Å². The highest BCUT2D eigenvalue weighted by molar-refractivity contribution is 5.87. The maximum absolute atomic E-state index is 13.6. The van der Waals surface area contributed by atoms with Gasteiger partial charge in [-0.05, 0) is 43.0 Å². The number of aromatic nitrogens is 3. The Balaban J connectivity index is 1.38. The number of H-pyrrole nitrogens is 1. The summed E-state index contributed by atoms with van der Waals surface area (Å²) in [5.74, 6) is 0.279. The average molecular weight is 395 g/mol. The van der Waals surface area contributed by atoms with Gasteiger partial charge in [-0.2, -0.15) is 0 Å². The van der Waals surface area contributed by atoms with Crippen molar-refractivity contribution < 1.29 is 9.18 Å². The van der Waals surface area contributed by atoms with Crippen LogP contribution in [-0.4, -0.2) is 33.9 Å². The number of nitrogens with one attached hydrogen (secondary N) is 2. The molecular formula is C21H22FN5O2. The number of aromatic amines is 1. The molecule has 1 aliphatic rings. The molecule has 0 unspecified atom stereocenters. The van der Waals surface area contributed by atoms with Crippen LogP contribution in [0.5, 0.6) is 0 Å². The van der Waals surface area contributed by atoms with E-state index in [4.69, 9.17) is 0 Å². The molecule has 1 fully saturated rings. The number of fused-ring (bicyclic) bond motifs is 1. The summed E-state index contributed by atoms with van der Waals surface area (Å²) >= 11 is 0. The normalized spacial score (nSPS) is 14.9. The molecule has 0 spiro atoms. The van der Waals surface area contributed by atoms with Crippen LogP contribution in [0, 0.1) is 18.7 Å². The Morgan fingerprint density at radius 3 is 2.83 bits per heavy atom. The predicted molar refractivity (Wildman–Crippen MR) is 108 cm³/mol. The van der Waals surface area contributed by atoms with Gasteiger partial charge in [0.05, 0.1) is 11.7 Å². The van der Waals surface area contributed by atoms with E-state index in [0.717, 1.165) is 5.56 Å². The van der Waals surface area contributed by atoms with Crippen LogP contribution in [0.4, 0.5) is 10.2 Å². The van der Waals surface area contributed by atoms with Gasteiger partial charge in [-0.25, -0.2) is 14.4 Å². The van der Waals surface area contributed by atoms with E-state index in [1.54, 1.807) is 25.3 Å². The first-order valence-electron chi connectivity index (χ1n) is 9.63. The third-order valence-corrected chi connectivity index (χ3v) is 5.41. The maximum atomic E-state index is 13.6. The van der Waals surface area contributed by atoms with Crippen molar-refractivity contribution in [2.24, 2.45) is 5.92 Å². The highest BCUT2D eigenvalue weighted by Gasteiger charge is 2.26. The predicted octanol–water partition coefficient (Wildman–Crippen LogP) is 2.30. The second-order valence-electron chi connectivity index (χ2n) is 7.33. The third kappa shape index (κ3) is 3.96. The molecule has 1 saturated heterocycles. The lowest BCUT2D eigenvalue weighted by Crippen LogP contribution is -2.40. The number of amides is 1. The summed E-state index contributed by atoms with van der Waals surface area (Å²) in [6.45, 7) is 3.32. The summed E-state index contributed by atoms with van der Waals surface area (Å²) < 4.78 is 13.6. The summed E-state index contributed by atoms with van der Waals surface area (Å²) in [5.41, 5.74) is 1.71. The molecule has 1 aliphatic heterocycles. The Morgan fingerprint density at radius 2 is 2.07 bits per heavy atom. The highest BCUT2D eigenvalue weighted by atomic mass is 19.1. The number of rotatable bonds is 4. The lowest BCUT2D eigenvalue weighted by atomic mass is 9.95. The molecule has 29 heavy (non-hydrogen) atoms. The van der Waals surface area contributed by atoms with Gasteiger partial charge in [0.25, 0.3) is 5.56 Å². The van der Waals surface area contributed by atoms with Crippen molar-refractivity contribution in [2.75, 3.05) is 18.0 Å². The van der Waals surface area contributed by atoms with Gasteiger partial charge in [0.2, 0.25) is 5.91 Å². The first-order valence-corrected chi connectivity index (χ1v) is 9.63. The quantitative estimate of drug-likeness (QED) is 0.707. The summed E-state index contributed by atoms with van der Waals surface area (Å²) in [6.07, 6.45) is 4.34. The van der Waals surface area contributed by atoms with E-state index in [1.807, 2.05) is 6.07 Å². The largest absolute Gasteiger partial charge is 0.355 e. The summed E-state index contributed by atoms with van der Waals surface area (Å²) in [6, 6.07) is 6.64. The number of hydrogen-bond acceptors (Lipinski definition) is 5. The third-order valence-electron chi connectivity index (χ3n) is 5.41. The van der Waals surface area contributed by atoms with Crippen molar-refractivity contribution in [1.29, 1.82) is 0 Å². The number of hydrogen-bond donors (Lipinski definition) is 2. The fourth-order valence-corrected chi connectivity index (χ4v) is 3.65. The molecule has 0 aliphatic carbocycles. The molecule has 7 nitrogen and oxygen atoms in total. The minimum absolute atomic E-state index is 0.0221. The molecule has 3 aromatic rings. The molecule has 0 bridgehead atoms. The second kappa shape index (κ2) is 7.98. The first kappa shape index (κ1) is 19.0. The van der Waals surface area contributed by atoms with Gasteiger partial charge in [-0.3, -0.25) is 9.59 Å². The zero-order valence-corrected chi connectivity index (χ0v) is 16.1. The monoisotopic (exact) mass is 395 g/mol. The van der Waals surface area contributed by atoms with Crippen molar-refractivity contribution in [3.8, 4) is 0 Å². The highest BCUT2D eigenvalue weighted by Crippen LogP contribution is 2.26. The number of nitrogens with zero attached hydrogens (tertiary/aromatic N) is 3. The van der Waals surface area contributed by atoms with Crippen LogP contribution in [0.1, 0.15) is 24.0 Å². The van der Waals surface area contributed by atoms with Crippen molar-refractivity contribution in [3.63, 3.8) is 0 Å². The minimum Gasteiger partial charge on any atom is -0.355 e. The lowest BCUT2D eigenvalue weighted by molar-refractivity contribution is -0.125. The van der Waals surface area contributed by atoms with Gasteiger partial charge in [-0.1, -0.05) is 12.1 Å². The number of carbonyl (C=O) groups is 1. The topological polar surface area (TPSA) is 91.0 Å². The average Bonchev–Trinajstić information content (AvgIpc) is 2.74. The zero-order valence-electron chi connectivity index (χ0n) is 16.1. The Hall–Kier alpha value is -3.29. The van der Waals surface area contributed by atoms with Gasteiger partial charge in [-0.15, -0.1) is 0 Å². The Labute approximate surface area is 167 Å². The number of benzene rings is 1. The van der Waals surface area contributed by atoms with Crippen LogP contribution in [0.15, 0.2) is 41.6 Å². The SMILES string of the molecule is Cc1ccc(CNC(=O)C2CCN(c3nccc4c(=O)[nH]cnc34)CC2)cc1F. The minimum atomic E-state index is -0.264. The van der Waals surface area contributed by atoms with E-state index in [2.05, 4.69) is 25.2 Å². The van der Waals surface area contributed by atoms with Crippen molar-refractivity contribution >= 4 is 22.6 Å². The van der Waals surface area contributed by atoms with Crippen molar-refractivity contribution in [3.05, 3.63) is 64.1 Å². The van der Waals surface area contributed by atoms with Gasteiger partial charge in [0.1, 0.15) is 11.3 Å². The van der Waals surface area contributed by atoms with Crippen molar-refractivity contribution in [2.45, 2.75) is 26.3 Å². The van der Waals surface area contributed by atoms with Gasteiger partial charge in [0.15, 0.2) is 5.82 Å². The van der Waals surface area contributed by atoms with E-state index in [9.17, 15) is 14.0 Å². The number of pyridine rings is 1. The molecule has 8 heteroatoms. The standard InChI is InChI=1S/C21H22FN5O2/c1-13-2-3-14(10-17(13)22)11-24-20(28)15-5-8-27(9-6-15)19-18-16(4-7-23-19)21(29)26-12-25-18/h2-4,7,10,12,15H,5-6,8-9,11H2,1H3,(H,24,28)(H,25,26,29). The molecule has 3 heterocycles. The van der Waals surface area contributed by atoms with Crippen LogP contribution in [-0.2, 0) is 11.3 Å². The molecule has 0 saturated carbocycles. The zero-order chi connectivity index (χ0) is 20.4. The van der Waals surface area contributed by atoms with E-state index in [1.165, 1.54) is 12.4 Å². The molecular weight excluding hydrogens is 373 g/mol. The number of piperidine rings is 1. The second-order valence-corrected chi connectivity index (χ2v) is 7.33. The number of anilines is 1.